The van der Waals surface area contributed by atoms with Gasteiger partial charge < -0.3 is 30.5 Å². The molecule has 3 saturated heterocycles. The third-order valence-corrected chi connectivity index (χ3v) is 13.3. The largest absolute Gasteiger partial charge is 0.482 e. The van der Waals surface area contributed by atoms with Crippen molar-refractivity contribution in [1.82, 2.24) is 34.8 Å². The molecule has 4 N–H and O–H groups in total. The van der Waals surface area contributed by atoms with Gasteiger partial charge >= 0.3 is 0 Å². The highest BCUT2D eigenvalue weighted by molar-refractivity contribution is 6.36. The number of nitrogens with zero attached hydrogens (tertiary/aromatic N) is 6. The van der Waals surface area contributed by atoms with Crippen LogP contribution in [0.15, 0.2) is 55.0 Å². The van der Waals surface area contributed by atoms with Crippen molar-refractivity contribution < 1.29 is 28.3 Å². The number of fused-ring (bicyclic) bond motifs is 1. The number of carbonyl (C=O) groups excluding carboxylic acids is 4. The average molecular weight is 889 g/mol. The van der Waals surface area contributed by atoms with Gasteiger partial charge in [0.2, 0.25) is 17.7 Å². The fraction of sp³-hybridized carbons (Fsp3) is 0.467. The molecule has 4 aromatic rings. The Bertz CT molecular complexity index is 2330. The number of likely N-dealkylation sites (tertiary alicyclic amines) is 2. The van der Waals surface area contributed by atoms with Crippen LogP contribution in [-0.4, -0.2) is 98.4 Å². The van der Waals surface area contributed by atoms with Gasteiger partial charge in [0.15, 0.2) is 11.6 Å². The minimum Gasteiger partial charge on any atom is -0.482 e. The van der Waals surface area contributed by atoms with Gasteiger partial charge in [0.05, 0.1) is 17.3 Å². The fourth-order valence-corrected chi connectivity index (χ4v) is 9.73. The normalized spacial score (nSPS) is 19.0. The second-order valence-corrected chi connectivity index (χ2v) is 17.6. The van der Waals surface area contributed by atoms with Crippen LogP contribution in [0.4, 0.5) is 15.9 Å². The van der Waals surface area contributed by atoms with Crippen LogP contribution >= 0.6 is 23.2 Å². The SMILES string of the molecule is CC(Oc1cc(-c2cnn(C3CCN(C(=O)CCCCCCN4CC(CNc5cccc6c5CN(C5CCC(=O)NC5=O)C6=O)C4)CC3)c2)cnc1N)c1c(Cl)ccc(F)c1Cl. The zero-order chi connectivity index (χ0) is 43.5. The lowest BCUT2D eigenvalue weighted by molar-refractivity contribution is -0.137. The first-order chi connectivity index (χ1) is 29.9. The molecule has 4 aliphatic rings. The summed E-state index contributed by atoms with van der Waals surface area (Å²) < 4.78 is 22.2. The summed E-state index contributed by atoms with van der Waals surface area (Å²) in [5.41, 5.74) is 10.5. The predicted octanol–water partition coefficient (Wildman–Crippen LogP) is 7.03. The second kappa shape index (κ2) is 19.0. The molecule has 0 aliphatic carbocycles. The molecular formula is C45H52Cl2FN9O5. The van der Waals surface area contributed by atoms with E-state index in [1.54, 1.807) is 30.3 Å². The van der Waals surface area contributed by atoms with E-state index in [2.05, 4.69) is 25.6 Å². The molecule has 0 radical (unpaired) electrons. The number of anilines is 2. The van der Waals surface area contributed by atoms with Crippen molar-refractivity contribution >= 4 is 58.3 Å². The summed E-state index contributed by atoms with van der Waals surface area (Å²) in [5, 5.41) is 10.8. The molecule has 0 bridgehead atoms. The summed E-state index contributed by atoms with van der Waals surface area (Å²) in [7, 11) is 0. The molecule has 62 heavy (non-hydrogen) atoms. The number of carbonyl (C=O) groups is 4. The van der Waals surface area contributed by atoms with Crippen LogP contribution in [0, 0.1) is 11.7 Å². The van der Waals surface area contributed by atoms with Gasteiger partial charge in [0.1, 0.15) is 18.0 Å². The molecule has 2 atom stereocenters. The van der Waals surface area contributed by atoms with Gasteiger partial charge in [0.25, 0.3) is 5.91 Å². The van der Waals surface area contributed by atoms with Crippen molar-refractivity contribution in [2.24, 2.45) is 5.92 Å². The Labute approximate surface area is 370 Å². The van der Waals surface area contributed by atoms with E-state index in [-0.39, 0.29) is 46.0 Å². The van der Waals surface area contributed by atoms with Gasteiger partial charge in [0, 0.05) is 109 Å². The number of piperidine rings is 2. The van der Waals surface area contributed by atoms with Gasteiger partial charge in [-0.25, -0.2) is 9.37 Å². The summed E-state index contributed by atoms with van der Waals surface area (Å²) in [4.78, 5) is 60.6. The quantitative estimate of drug-likeness (QED) is 0.0604. The van der Waals surface area contributed by atoms with E-state index in [0.29, 0.717) is 55.3 Å². The first-order valence-corrected chi connectivity index (χ1v) is 22.3. The van der Waals surface area contributed by atoms with E-state index in [1.165, 1.54) is 12.1 Å². The number of hydrogen-bond donors (Lipinski definition) is 3. The number of halogens is 3. The van der Waals surface area contributed by atoms with Crippen LogP contribution in [0.1, 0.15) is 98.3 Å². The summed E-state index contributed by atoms with van der Waals surface area (Å²) in [5.74, 6) is -0.203. The van der Waals surface area contributed by atoms with Crippen LogP contribution in [0.3, 0.4) is 0 Å². The molecule has 14 nitrogen and oxygen atoms in total. The number of nitrogen functional groups attached to an aromatic ring is 1. The zero-order valence-corrected chi connectivity index (χ0v) is 36.3. The van der Waals surface area contributed by atoms with Crippen LogP contribution in [-0.2, 0) is 20.9 Å². The Hall–Kier alpha value is -5.25. The highest BCUT2D eigenvalue weighted by Crippen LogP contribution is 2.38. The number of imide groups is 1. The molecule has 0 saturated carbocycles. The van der Waals surface area contributed by atoms with Gasteiger partial charge in [-0.3, -0.25) is 29.2 Å². The van der Waals surface area contributed by atoms with Crippen molar-refractivity contribution in [3.63, 3.8) is 0 Å². The Balaban J connectivity index is 0.703. The predicted molar refractivity (Wildman–Crippen MR) is 234 cm³/mol. The number of nitrogens with two attached hydrogens (primary N) is 1. The van der Waals surface area contributed by atoms with E-state index in [9.17, 15) is 23.6 Å². The number of amides is 4. The third kappa shape index (κ3) is 9.54. The van der Waals surface area contributed by atoms with E-state index in [0.717, 1.165) is 87.1 Å². The Morgan fingerprint density at radius 2 is 1.82 bits per heavy atom. The third-order valence-electron chi connectivity index (χ3n) is 12.6. The lowest BCUT2D eigenvalue weighted by atomic mass is 9.98. The van der Waals surface area contributed by atoms with Gasteiger partial charge in [-0.2, -0.15) is 5.10 Å². The van der Waals surface area contributed by atoms with Gasteiger partial charge in [-0.15, -0.1) is 0 Å². The number of aromatic nitrogens is 3. The first kappa shape index (κ1) is 43.4. The molecule has 2 aromatic heterocycles. The van der Waals surface area contributed by atoms with Crippen LogP contribution in [0.25, 0.3) is 11.1 Å². The van der Waals surface area contributed by atoms with E-state index in [1.807, 2.05) is 34.0 Å². The number of unbranched alkanes of at least 4 members (excludes halogenated alkanes) is 3. The molecule has 6 heterocycles. The number of pyridine rings is 1. The lowest BCUT2D eigenvalue weighted by Gasteiger charge is -2.39. The molecule has 4 aliphatic heterocycles. The Morgan fingerprint density at radius 3 is 2.61 bits per heavy atom. The molecule has 328 valence electrons. The smallest absolute Gasteiger partial charge is 0.255 e. The summed E-state index contributed by atoms with van der Waals surface area (Å²) in [6.07, 6.45) is 11.6. The standard InChI is InChI=1S/C45H52Cl2FN9O5/c1-27(41-34(46)10-11-35(48)42(41)47)62-38-19-29(21-51-43(38)49)30-22-52-57(25-30)31-14-17-55(18-15-31)40(59)9-4-2-3-5-16-54-23-28(24-54)20-50-36-8-6-7-32-33(36)26-56(45(32)61)37-12-13-39(58)53-44(37)60/h6-8,10-11,19,21-22,25,27-28,31,37,50H,2-5,9,12-18,20,23-24,26H2,1H3,(H2,49,51)(H,53,58,60). The monoisotopic (exact) mass is 887 g/mol. The van der Waals surface area contributed by atoms with Crippen molar-refractivity contribution in [3.05, 3.63) is 87.5 Å². The highest BCUT2D eigenvalue weighted by Gasteiger charge is 2.40. The highest BCUT2D eigenvalue weighted by atomic mass is 35.5. The number of benzene rings is 2. The molecule has 2 unspecified atom stereocenters. The summed E-state index contributed by atoms with van der Waals surface area (Å²) >= 11 is 12.5. The fourth-order valence-electron chi connectivity index (χ4n) is 9.06. The van der Waals surface area contributed by atoms with E-state index >= 15 is 0 Å². The molecule has 3 fully saturated rings. The topological polar surface area (TPSA) is 168 Å². The first-order valence-electron chi connectivity index (χ1n) is 21.5. The van der Waals surface area contributed by atoms with Gasteiger partial charge in [-0.05, 0) is 75.9 Å². The maximum absolute atomic E-state index is 14.2. The molecule has 17 heteroatoms. The van der Waals surface area contributed by atoms with Crippen molar-refractivity contribution in [2.75, 3.05) is 50.3 Å². The summed E-state index contributed by atoms with van der Waals surface area (Å²) in [6.45, 7) is 7.38. The Kier molecular flexibility index (Phi) is 13.3. The van der Waals surface area contributed by atoms with Crippen molar-refractivity contribution in [1.29, 1.82) is 0 Å². The van der Waals surface area contributed by atoms with Crippen LogP contribution < -0.4 is 21.1 Å². The molecule has 8 rings (SSSR count). The molecule has 2 aromatic carbocycles. The molecule has 4 amide bonds. The average Bonchev–Trinajstić information content (AvgIpc) is 3.87. The number of rotatable bonds is 16. The minimum absolute atomic E-state index is 0.101. The maximum Gasteiger partial charge on any atom is 0.255 e. The van der Waals surface area contributed by atoms with Crippen molar-refractivity contribution in [2.45, 2.75) is 89.4 Å². The minimum atomic E-state index is -0.689. The van der Waals surface area contributed by atoms with Crippen LogP contribution in [0.5, 0.6) is 5.75 Å². The maximum atomic E-state index is 14.2. The number of ether oxygens (including phenoxy) is 1. The van der Waals surface area contributed by atoms with Crippen molar-refractivity contribution in [3.8, 4) is 16.9 Å². The number of nitrogens with one attached hydrogen (secondary N) is 2. The second-order valence-electron chi connectivity index (χ2n) is 16.8. The van der Waals surface area contributed by atoms with E-state index < -0.39 is 23.9 Å². The molecule has 0 spiro atoms. The van der Waals surface area contributed by atoms with E-state index in [4.69, 9.17) is 33.7 Å². The van der Waals surface area contributed by atoms with Gasteiger partial charge in [-0.1, -0.05) is 42.1 Å². The zero-order valence-electron chi connectivity index (χ0n) is 34.8. The lowest BCUT2D eigenvalue weighted by Crippen LogP contribution is -2.52. The Morgan fingerprint density at radius 1 is 1.03 bits per heavy atom. The summed E-state index contributed by atoms with van der Waals surface area (Å²) in [6, 6.07) is 9.64. The molecular weight excluding hydrogens is 836 g/mol. The number of hydrogen-bond acceptors (Lipinski definition) is 10. The van der Waals surface area contributed by atoms with Crippen LogP contribution in [0.2, 0.25) is 10.0 Å².